The van der Waals surface area contributed by atoms with Gasteiger partial charge in [0.15, 0.2) is 5.13 Å². The second-order valence-electron chi connectivity index (χ2n) is 7.48. The van der Waals surface area contributed by atoms with E-state index in [-0.39, 0.29) is 11.8 Å². The van der Waals surface area contributed by atoms with Gasteiger partial charge in [0.25, 0.3) is 5.91 Å². The Morgan fingerprint density at radius 2 is 2.12 bits per heavy atom. The predicted octanol–water partition coefficient (Wildman–Crippen LogP) is 2.11. The smallest absolute Gasteiger partial charge is 0.273 e. The molecule has 172 valence electrons. The van der Waals surface area contributed by atoms with Gasteiger partial charge in [-0.1, -0.05) is 0 Å². The fourth-order valence-electron chi connectivity index (χ4n) is 3.61. The van der Waals surface area contributed by atoms with Crippen LogP contribution in [0.5, 0.6) is 0 Å². The van der Waals surface area contributed by atoms with Crippen molar-refractivity contribution in [3.05, 3.63) is 29.0 Å². The molecule has 1 fully saturated rings. The van der Waals surface area contributed by atoms with E-state index in [4.69, 9.17) is 14.7 Å². The Bertz CT molecular complexity index is 909. The zero-order valence-electron chi connectivity index (χ0n) is 18.5. The minimum absolute atomic E-state index is 0.169. The number of hydrogen-bond donors (Lipinski definition) is 1. The summed E-state index contributed by atoms with van der Waals surface area (Å²) in [7, 11) is 3.21. The maximum Gasteiger partial charge on any atom is 0.273 e. The molecule has 0 spiro atoms. The number of carbonyl (C=O) groups excluding carboxylic acids is 1. The van der Waals surface area contributed by atoms with Crippen LogP contribution in [0.2, 0.25) is 0 Å². The van der Waals surface area contributed by atoms with E-state index in [1.54, 1.807) is 30.7 Å². The van der Waals surface area contributed by atoms with E-state index >= 15 is 0 Å². The van der Waals surface area contributed by atoms with E-state index in [2.05, 4.69) is 31.2 Å². The summed E-state index contributed by atoms with van der Waals surface area (Å²) in [6.45, 7) is 4.02. The average Bonchev–Trinajstić information content (AvgIpc) is 3.28. The molecule has 0 aromatic carbocycles. The summed E-state index contributed by atoms with van der Waals surface area (Å²) in [5.74, 6) is 0.547. The van der Waals surface area contributed by atoms with Gasteiger partial charge >= 0.3 is 0 Å². The number of piperidine rings is 1. The van der Waals surface area contributed by atoms with Crippen molar-refractivity contribution in [1.29, 1.82) is 5.26 Å². The first-order valence-corrected chi connectivity index (χ1v) is 11.4. The molecule has 3 heterocycles. The molecule has 2 aromatic heterocycles. The maximum atomic E-state index is 12.8. The molecule has 10 nitrogen and oxygen atoms in total. The molecule has 1 saturated heterocycles. The molecule has 1 unspecified atom stereocenters. The largest absolute Gasteiger partial charge is 0.383 e. The molecule has 0 bridgehead atoms. The lowest BCUT2D eigenvalue weighted by Gasteiger charge is -2.30. The van der Waals surface area contributed by atoms with Crippen molar-refractivity contribution in [3.8, 4) is 6.07 Å². The molecule has 0 saturated carbocycles. The molecular formula is C21H29N7O3S. The van der Waals surface area contributed by atoms with Crippen LogP contribution in [-0.2, 0) is 9.47 Å². The van der Waals surface area contributed by atoms with Crippen LogP contribution in [0.1, 0.15) is 34.9 Å². The Balaban J connectivity index is 1.65. The van der Waals surface area contributed by atoms with Gasteiger partial charge in [-0.3, -0.25) is 9.69 Å². The topological polar surface area (TPSA) is 116 Å². The highest BCUT2D eigenvalue weighted by molar-refractivity contribution is 7.14. The van der Waals surface area contributed by atoms with Gasteiger partial charge in [0.1, 0.15) is 5.69 Å². The third-order valence-corrected chi connectivity index (χ3v) is 6.01. The Morgan fingerprint density at radius 3 is 2.84 bits per heavy atom. The first-order chi connectivity index (χ1) is 15.6. The van der Waals surface area contributed by atoms with Crippen molar-refractivity contribution in [2.45, 2.75) is 18.8 Å². The van der Waals surface area contributed by atoms with E-state index in [1.807, 2.05) is 6.07 Å². The first kappa shape index (κ1) is 24.0. The first-order valence-electron chi connectivity index (χ1n) is 10.6. The summed E-state index contributed by atoms with van der Waals surface area (Å²) >= 11 is 1.33. The summed E-state index contributed by atoms with van der Waals surface area (Å²) in [5, 5.41) is 14.4. The normalized spacial score (nSPS) is 16.5. The molecule has 3 rings (SSSR count). The van der Waals surface area contributed by atoms with Crippen LogP contribution in [0.4, 0.5) is 11.1 Å². The van der Waals surface area contributed by atoms with Crippen molar-refractivity contribution < 1.29 is 14.3 Å². The van der Waals surface area contributed by atoms with E-state index in [1.165, 1.54) is 11.3 Å². The number of rotatable bonds is 11. The number of nitrogens with one attached hydrogen (secondary N) is 1. The van der Waals surface area contributed by atoms with Crippen LogP contribution in [0.3, 0.4) is 0 Å². The van der Waals surface area contributed by atoms with Crippen molar-refractivity contribution in [2.24, 2.45) is 0 Å². The monoisotopic (exact) mass is 459 g/mol. The van der Waals surface area contributed by atoms with Crippen LogP contribution < -0.4 is 5.32 Å². The average molecular weight is 460 g/mol. The Morgan fingerprint density at radius 1 is 1.34 bits per heavy atom. The number of anilines is 2. The van der Waals surface area contributed by atoms with Crippen molar-refractivity contribution in [3.63, 3.8) is 0 Å². The van der Waals surface area contributed by atoms with Crippen molar-refractivity contribution in [1.82, 2.24) is 24.8 Å². The molecule has 1 amide bonds. The van der Waals surface area contributed by atoms with E-state index in [9.17, 15) is 4.79 Å². The highest BCUT2D eigenvalue weighted by atomic mass is 32.1. The molecule has 2 aromatic rings. The number of nitriles is 1. The number of thiazole rings is 1. The quantitative estimate of drug-likeness (QED) is 0.504. The van der Waals surface area contributed by atoms with Crippen molar-refractivity contribution >= 4 is 28.3 Å². The number of aromatic nitrogens is 3. The van der Waals surface area contributed by atoms with Crippen LogP contribution in [0, 0.1) is 11.3 Å². The summed E-state index contributed by atoms with van der Waals surface area (Å²) in [4.78, 5) is 30.1. The van der Waals surface area contributed by atoms with Gasteiger partial charge < -0.3 is 19.7 Å². The zero-order valence-corrected chi connectivity index (χ0v) is 19.3. The van der Waals surface area contributed by atoms with Gasteiger partial charge in [-0.25, -0.2) is 15.0 Å². The minimum atomic E-state index is -0.169. The van der Waals surface area contributed by atoms with Gasteiger partial charge in [-0.2, -0.15) is 5.26 Å². The number of carbonyl (C=O) groups is 1. The standard InChI is InChI=1S/C21H29N7O3S/c1-30-12-10-28(11-13-31-2)19(29)18-15-32-21(25-18)26-20-23-7-5-17(24-20)16-4-3-8-27(14-16)9-6-22/h5,7,15-16H,3-4,8-14H2,1-2H3,(H,23,24,25,26). The molecule has 32 heavy (non-hydrogen) atoms. The summed E-state index contributed by atoms with van der Waals surface area (Å²) < 4.78 is 10.2. The molecule has 0 radical (unpaired) electrons. The van der Waals surface area contributed by atoms with E-state index in [0.717, 1.165) is 31.6 Å². The molecule has 0 aliphatic carbocycles. The van der Waals surface area contributed by atoms with Gasteiger partial charge in [0.2, 0.25) is 5.95 Å². The number of hydrogen-bond acceptors (Lipinski definition) is 10. The van der Waals surface area contributed by atoms with Crippen LogP contribution in [0.25, 0.3) is 0 Å². The molecule has 1 atom stereocenters. The third-order valence-electron chi connectivity index (χ3n) is 5.26. The highest BCUT2D eigenvalue weighted by Gasteiger charge is 2.23. The SMILES string of the molecule is COCCN(CCOC)C(=O)c1csc(Nc2nccc(C3CCCN(CC#N)C3)n2)n1. The summed E-state index contributed by atoms with van der Waals surface area (Å²) in [6, 6.07) is 4.15. The Labute approximate surface area is 192 Å². The number of nitrogens with zero attached hydrogens (tertiary/aromatic N) is 6. The second-order valence-corrected chi connectivity index (χ2v) is 8.34. The molecule has 1 aliphatic heterocycles. The third kappa shape index (κ3) is 6.67. The number of ether oxygens (including phenoxy) is 2. The molecular weight excluding hydrogens is 430 g/mol. The van der Waals surface area contributed by atoms with E-state index in [0.29, 0.717) is 49.6 Å². The van der Waals surface area contributed by atoms with Gasteiger partial charge in [0.05, 0.1) is 31.5 Å². The lowest BCUT2D eigenvalue weighted by atomic mass is 9.94. The van der Waals surface area contributed by atoms with Gasteiger partial charge in [0, 0.05) is 51.3 Å². The Kier molecular flexibility index (Phi) is 9.30. The zero-order chi connectivity index (χ0) is 22.8. The predicted molar refractivity (Wildman–Crippen MR) is 121 cm³/mol. The molecule has 1 aliphatic rings. The number of likely N-dealkylation sites (tertiary alicyclic amines) is 1. The summed E-state index contributed by atoms with van der Waals surface area (Å²) in [6.07, 6.45) is 3.80. The maximum absolute atomic E-state index is 12.8. The lowest BCUT2D eigenvalue weighted by Crippen LogP contribution is -2.36. The second kappa shape index (κ2) is 12.4. The van der Waals surface area contributed by atoms with Crippen molar-refractivity contribution in [2.75, 3.05) is 65.5 Å². The fourth-order valence-corrected chi connectivity index (χ4v) is 4.28. The van der Waals surface area contributed by atoms with E-state index < -0.39 is 0 Å². The number of methoxy groups -OCH3 is 2. The number of amides is 1. The minimum Gasteiger partial charge on any atom is -0.383 e. The highest BCUT2D eigenvalue weighted by Crippen LogP contribution is 2.26. The lowest BCUT2D eigenvalue weighted by molar-refractivity contribution is 0.0622. The van der Waals surface area contributed by atoms with Gasteiger partial charge in [-0.05, 0) is 25.5 Å². The Hall–Kier alpha value is -2.65. The van der Waals surface area contributed by atoms with Crippen LogP contribution in [0.15, 0.2) is 17.6 Å². The molecule has 11 heteroatoms. The van der Waals surface area contributed by atoms with Gasteiger partial charge in [-0.15, -0.1) is 11.3 Å². The fraction of sp³-hybridized carbons (Fsp3) is 0.571. The summed E-state index contributed by atoms with van der Waals surface area (Å²) in [5.41, 5.74) is 1.31. The van der Waals surface area contributed by atoms with Crippen LogP contribution in [-0.4, -0.2) is 90.8 Å². The molecule has 1 N–H and O–H groups in total. The van der Waals surface area contributed by atoms with Crippen LogP contribution >= 0.6 is 11.3 Å².